The minimum absolute atomic E-state index is 0.00485. The maximum atomic E-state index is 13.6. The van der Waals surface area contributed by atoms with Crippen LogP contribution < -0.4 is 10.6 Å². The zero-order valence-corrected chi connectivity index (χ0v) is 13.4. The number of rotatable bonds is 5. The lowest BCUT2D eigenvalue weighted by atomic mass is 9.86. The van der Waals surface area contributed by atoms with Crippen molar-refractivity contribution in [2.45, 2.75) is 31.7 Å². The third-order valence-corrected chi connectivity index (χ3v) is 4.38. The minimum Gasteiger partial charge on any atom is -0.396 e. The normalized spacial score (nSPS) is 20.8. The van der Waals surface area contributed by atoms with Crippen molar-refractivity contribution in [3.05, 3.63) is 34.6 Å². The average molecular weight is 343 g/mol. The van der Waals surface area contributed by atoms with E-state index in [1.807, 2.05) is 0 Å². The summed E-state index contributed by atoms with van der Waals surface area (Å²) in [5.41, 5.74) is -0.259. The van der Waals surface area contributed by atoms with E-state index in [-0.39, 0.29) is 35.7 Å². The van der Waals surface area contributed by atoms with Crippen LogP contribution in [-0.2, 0) is 4.79 Å². The van der Waals surface area contributed by atoms with Gasteiger partial charge >= 0.3 is 0 Å². The maximum Gasteiger partial charge on any atom is 0.256 e. The SMILES string of the molecule is O=C(CNC(=O)c1c(F)cccc1Cl)NC1CCC(CO)CC1. The molecule has 0 aromatic heterocycles. The van der Waals surface area contributed by atoms with E-state index in [1.54, 1.807) is 0 Å². The van der Waals surface area contributed by atoms with E-state index in [2.05, 4.69) is 10.6 Å². The Morgan fingerprint density at radius 3 is 2.57 bits per heavy atom. The molecule has 0 saturated heterocycles. The molecule has 5 nitrogen and oxygen atoms in total. The molecule has 0 atom stereocenters. The second kappa shape index (κ2) is 8.26. The number of amides is 2. The highest BCUT2D eigenvalue weighted by molar-refractivity contribution is 6.33. The molecule has 1 aliphatic rings. The van der Waals surface area contributed by atoms with Crippen LogP contribution >= 0.6 is 11.6 Å². The van der Waals surface area contributed by atoms with Gasteiger partial charge in [0.15, 0.2) is 0 Å². The molecule has 0 unspecified atom stereocenters. The fourth-order valence-electron chi connectivity index (χ4n) is 2.73. The highest BCUT2D eigenvalue weighted by Crippen LogP contribution is 2.23. The van der Waals surface area contributed by atoms with Gasteiger partial charge in [-0.3, -0.25) is 9.59 Å². The second-order valence-corrected chi connectivity index (χ2v) is 6.15. The number of carbonyl (C=O) groups is 2. The Kier molecular flexibility index (Phi) is 6.36. The first-order valence-electron chi connectivity index (χ1n) is 7.63. The lowest BCUT2D eigenvalue weighted by Gasteiger charge is -2.27. The lowest BCUT2D eigenvalue weighted by molar-refractivity contribution is -0.121. The average Bonchev–Trinajstić information content (AvgIpc) is 2.53. The van der Waals surface area contributed by atoms with E-state index < -0.39 is 11.7 Å². The Morgan fingerprint density at radius 1 is 1.26 bits per heavy atom. The van der Waals surface area contributed by atoms with Crippen molar-refractivity contribution >= 4 is 23.4 Å². The molecule has 0 spiro atoms. The monoisotopic (exact) mass is 342 g/mol. The number of carbonyl (C=O) groups excluding carboxylic acids is 2. The molecule has 1 fully saturated rings. The van der Waals surface area contributed by atoms with E-state index in [9.17, 15) is 14.0 Å². The van der Waals surface area contributed by atoms with E-state index >= 15 is 0 Å². The van der Waals surface area contributed by atoms with Gasteiger partial charge in [-0.05, 0) is 43.7 Å². The summed E-state index contributed by atoms with van der Waals surface area (Å²) < 4.78 is 13.6. The van der Waals surface area contributed by atoms with Gasteiger partial charge in [-0.2, -0.15) is 0 Å². The van der Waals surface area contributed by atoms with Gasteiger partial charge in [0.2, 0.25) is 5.91 Å². The molecule has 1 saturated carbocycles. The van der Waals surface area contributed by atoms with Gasteiger partial charge in [-0.25, -0.2) is 4.39 Å². The first-order valence-corrected chi connectivity index (χ1v) is 8.01. The van der Waals surface area contributed by atoms with Crippen molar-refractivity contribution in [2.75, 3.05) is 13.2 Å². The van der Waals surface area contributed by atoms with Crippen molar-refractivity contribution in [2.24, 2.45) is 5.92 Å². The van der Waals surface area contributed by atoms with Crippen molar-refractivity contribution in [3.8, 4) is 0 Å². The molecule has 0 radical (unpaired) electrons. The van der Waals surface area contributed by atoms with Gasteiger partial charge in [-0.1, -0.05) is 17.7 Å². The summed E-state index contributed by atoms with van der Waals surface area (Å²) in [4.78, 5) is 23.8. The third-order valence-electron chi connectivity index (χ3n) is 4.07. The molecule has 7 heteroatoms. The molecule has 3 N–H and O–H groups in total. The molecular formula is C16H20ClFN2O3. The molecule has 0 bridgehead atoms. The molecule has 1 aromatic rings. The Bertz CT molecular complexity index is 554. The van der Waals surface area contributed by atoms with Crippen LogP contribution in [-0.4, -0.2) is 36.1 Å². The molecule has 23 heavy (non-hydrogen) atoms. The summed E-state index contributed by atoms with van der Waals surface area (Å²) in [6, 6.07) is 4.02. The number of halogens is 2. The van der Waals surface area contributed by atoms with Gasteiger partial charge in [0.25, 0.3) is 5.91 Å². The van der Waals surface area contributed by atoms with Crippen LogP contribution in [0.15, 0.2) is 18.2 Å². The van der Waals surface area contributed by atoms with Gasteiger partial charge in [0.1, 0.15) is 5.82 Å². The first kappa shape index (κ1) is 17.7. The van der Waals surface area contributed by atoms with E-state index in [4.69, 9.17) is 16.7 Å². The highest BCUT2D eigenvalue weighted by Gasteiger charge is 2.22. The number of benzene rings is 1. The van der Waals surface area contributed by atoms with Crippen LogP contribution in [0, 0.1) is 11.7 Å². The van der Waals surface area contributed by atoms with Crippen molar-refractivity contribution < 1.29 is 19.1 Å². The number of aliphatic hydroxyl groups excluding tert-OH is 1. The molecule has 2 rings (SSSR count). The van der Waals surface area contributed by atoms with Crippen molar-refractivity contribution in [3.63, 3.8) is 0 Å². The standard InChI is InChI=1S/C16H20ClFN2O3/c17-12-2-1-3-13(18)15(12)16(23)19-8-14(22)20-11-6-4-10(9-21)5-7-11/h1-3,10-11,21H,4-9H2,(H,19,23)(H,20,22). The van der Waals surface area contributed by atoms with E-state index in [0.717, 1.165) is 31.7 Å². The lowest BCUT2D eigenvalue weighted by Crippen LogP contribution is -2.43. The van der Waals surface area contributed by atoms with Crippen LogP contribution in [0.25, 0.3) is 0 Å². The Balaban J connectivity index is 1.79. The molecule has 0 heterocycles. The Labute approximate surface area is 139 Å². The second-order valence-electron chi connectivity index (χ2n) is 5.75. The Hall–Kier alpha value is -1.66. The zero-order valence-electron chi connectivity index (χ0n) is 12.6. The van der Waals surface area contributed by atoms with Crippen molar-refractivity contribution in [1.82, 2.24) is 10.6 Å². The smallest absolute Gasteiger partial charge is 0.256 e. The van der Waals surface area contributed by atoms with Crippen LogP contribution in [0.5, 0.6) is 0 Å². The van der Waals surface area contributed by atoms with Gasteiger partial charge < -0.3 is 15.7 Å². The Morgan fingerprint density at radius 2 is 1.96 bits per heavy atom. The van der Waals surface area contributed by atoms with Crippen molar-refractivity contribution in [1.29, 1.82) is 0 Å². The van der Waals surface area contributed by atoms with Crippen LogP contribution in [0.3, 0.4) is 0 Å². The maximum absolute atomic E-state index is 13.6. The van der Waals surface area contributed by atoms with Crippen LogP contribution in [0.4, 0.5) is 4.39 Å². The summed E-state index contributed by atoms with van der Waals surface area (Å²) in [6.07, 6.45) is 3.37. The van der Waals surface area contributed by atoms with Gasteiger partial charge in [0.05, 0.1) is 17.1 Å². The number of aliphatic hydroxyl groups is 1. The summed E-state index contributed by atoms with van der Waals surface area (Å²) in [5, 5.41) is 14.3. The topological polar surface area (TPSA) is 78.4 Å². The minimum atomic E-state index is -0.724. The fourth-order valence-corrected chi connectivity index (χ4v) is 2.98. The number of hydrogen-bond donors (Lipinski definition) is 3. The highest BCUT2D eigenvalue weighted by atomic mass is 35.5. The summed E-state index contributed by atoms with van der Waals surface area (Å²) in [7, 11) is 0. The number of nitrogens with one attached hydrogen (secondary N) is 2. The van der Waals surface area contributed by atoms with Gasteiger partial charge in [-0.15, -0.1) is 0 Å². The van der Waals surface area contributed by atoms with Crippen LogP contribution in [0.1, 0.15) is 36.0 Å². The first-order chi connectivity index (χ1) is 11.0. The quantitative estimate of drug-likeness (QED) is 0.764. The fraction of sp³-hybridized carbons (Fsp3) is 0.500. The number of hydrogen-bond acceptors (Lipinski definition) is 3. The van der Waals surface area contributed by atoms with E-state index in [0.29, 0.717) is 5.92 Å². The third kappa shape index (κ3) is 4.91. The van der Waals surface area contributed by atoms with Crippen LogP contribution in [0.2, 0.25) is 5.02 Å². The predicted octanol–water partition coefficient (Wildman–Crippen LogP) is 1.88. The zero-order chi connectivity index (χ0) is 16.8. The van der Waals surface area contributed by atoms with Gasteiger partial charge in [0, 0.05) is 12.6 Å². The molecule has 0 aliphatic heterocycles. The molecule has 126 valence electrons. The summed E-state index contributed by atoms with van der Waals surface area (Å²) >= 11 is 5.80. The largest absolute Gasteiger partial charge is 0.396 e. The molecule has 1 aromatic carbocycles. The predicted molar refractivity (Wildman–Crippen MR) is 84.7 cm³/mol. The molecular weight excluding hydrogens is 323 g/mol. The molecule has 1 aliphatic carbocycles. The van der Waals surface area contributed by atoms with E-state index in [1.165, 1.54) is 12.1 Å². The summed E-state index contributed by atoms with van der Waals surface area (Å²) in [6.45, 7) is -0.0520. The summed E-state index contributed by atoms with van der Waals surface area (Å²) in [5.74, 6) is -1.45. The molecule has 2 amide bonds.